The van der Waals surface area contributed by atoms with Crippen LogP contribution >= 0.6 is 12.2 Å². The molecule has 0 radical (unpaired) electrons. The lowest BCUT2D eigenvalue weighted by molar-refractivity contribution is -0.145. The molecule has 3 heteroatoms. The smallest absolute Gasteiger partial charge is 0.313 e. The van der Waals surface area contributed by atoms with Gasteiger partial charge in [-0.3, -0.25) is 4.79 Å². The van der Waals surface area contributed by atoms with Gasteiger partial charge in [-0.2, -0.15) is 0 Å². The largest absolute Gasteiger partial charge is 0.466 e. The molecule has 62 valence electrons. The molecule has 1 atom stereocenters. The lowest BCUT2D eigenvalue weighted by Crippen LogP contribution is -2.19. The van der Waals surface area contributed by atoms with E-state index in [0.29, 0.717) is 6.61 Å². The van der Waals surface area contributed by atoms with Gasteiger partial charge < -0.3 is 4.74 Å². The van der Waals surface area contributed by atoms with Gasteiger partial charge in [0.05, 0.1) is 12.5 Å². The lowest BCUT2D eigenvalue weighted by atomic mass is 10.1. The van der Waals surface area contributed by atoms with Gasteiger partial charge in [-0.05, 0) is 26.2 Å². The Labute approximate surface area is 71.9 Å². The summed E-state index contributed by atoms with van der Waals surface area (Å²) < 4.78 is 4.87. The van der Waals surface area contributed by atoms with Gasteiger partial charge >= 0.3 is 5.97 Å². The lowest BCUT2D eigenvalue weighted by Gasteiger charge is -2.07. The average Bonchev–Trinajstić information content (AvgIpc) is 2.36. The number of esters is 1. The van der Waals surface area contributed by atoms with E-state index in [4.69, 9.17) is 17.0 Å². The monoisotopic (exact) mass is 172 g/mol. The summed E-state index contributed by atoms with van der Waals surface area (Å²) >= 11 is 5.03. The molecule has 0 amide bonds. The number of carbonyl (C=O) groups excluding carboxylic acids is 1. The Kier molecular flexibility index (Phi) is 3.00. The maximum absolute atomic E-state index is 11.1. The molecular weight excluding hydrogens is 160 g/mol. The third-order valence-electron chi connectivity index (χ3n) is 1.88. The molecule has 1 fully saturated rings. The maximum atomic E-state index is 11.1. The normalized spacial score (nSPS) is 23.7. The Hall–Kier alpha value is -0.440. The van der Waals surface area contributed by atoms with Crippen molar-refractivity contribution >= 4 is 23.1 Å². The highest BCUT2D eigenvalue weighted by Crippen LogP contribution is 2.23. The molecule has 1 saturated carbocycles. The van der Waals surface area contributed by atoms with Crippen LogP contribution in [0.15, 0.2) is 0 Å². The molecule has 0 saturated heterocycles. The minimum absolute atomic E-state index is 0.0788. The first-order chi connectivity index (χ1) is 5.25. The minimum atomic E-state index is -0.130. The molecule has 1 rings (SSSR count). The second-order valence-corrected chi connectivity index (χ2v) is 3.19. The Morgan fingerprint density at radius 2 is 2.55 bits per heavy atom. The molecule has 2 nitrogen and oxygen atoms in total. The van der Waals surface area contributed by atoms with Crippen LogP contribution in [0.3, 0.4) is 0 Å². The number of carbonyl (C=O) groups is 1. The molecule has 11 heavy (non-hydrogen) atoms. The van der Waals surface area contributed by atoms with E-state index in [9.17, 15) is 4.79 Å². The minimum Gasteiger partial charge on any atom is -0.466 e. The Morgan fingerprint density at radius 3 is 3.00 bits per heavy atom. The quantitative estimate of drug-likeness (QED) is 0.468. The summed E-state index contributed by atoms with van der Waals surface area (Å²) in [5, 5.41) is 0. The van der Waals surface area contributed by atoms with Crippen molar-refractivity contribution < 1.29 is 9.53 Å². The van der Waals surface area contributed by atoms with Crippen LogP contribution in [0.5, 0.6) is 0 Å². The number of hydrogen-bond acceptors (Lipinski definition) is 3. The van der Waals surface area contributed by atoms with Crippen LogP contribution in [0.25, 0.3) is 0 Å². The molecule has 0 spiro atoms. The highest BCUT2D eigenvalue weighted by atomic mass is 32.1. The van der Waals surface area contributed by atoms with Gasteiger partial charge in [0, 0.05) is 4.86 Å². The van der Waals surface area contributed by atoms with Crippen LogP contribution in [0.2, 0.25) is 0 Å². The van der Waals surface area contributed by atoms with E-state index in [2.05, 4.69) is 0 Å². The van der Waals surface area contributed by atoms with Gasteiger partial charge in [-0.1, -0.05) is 12.2 Å². The summed E-state index contributed by atoms with van der Waals surface area (Å²) in [4.78, 5) is 12.0. The molecule has 1 aliphatic carbocycles. The zero-order valence-corrected chi connectivity index (χ0v) is 7.45. The van der Waals surface area contributed by atoms with E-state index < -0.39 is 0 Å². The zero-order valence-electron chi connectivity index (χ0n) is 6.63. The number of thiocarbonyl (C=S) groups is 1. The van der Waals surface area contributed by atoms with Crippen LogP contribution in [0.1, 0.15) is 26.2 Å². The van der Waals surface area contributed by atoms with Crippen molar-refractivity contribution in [1.82, 2.24) is 0 Å². The van der Waals surface area contributed by atoms with Crippen LogP contribution in [0.4, 0.5) is 0 Å². The van der Waals surface area contributed by atoms with Gasteiger partial charge in [-0.25, -0.2) is 0 Å². The van der Waals surface area contributed by atoms with Crippen molar-refractivity contribution in [3.8, 4) is 0 Å². The van der Waals surface area contributed by atoms with Gasteiger partial charge in [-0.15, -0.1) is 0 Å². The number of ether oxygens (including phenoxy) is 1. The Balaban J connectivity index is 2.46. The fourth-order valence-corrected chi connectivity index (χ4v) is 1.67. The molecule has 0 unspecified atom stereocenters. The van der Waals surface area contributed by atoms with E-state index in [1.54, 1.807) is 0 Å². The average molecular weight is 172 g/mol. The Morgan fingerprint density at radius 1 is 1.82 bits per heavy atom. The maximum Gasteiger partial charge on any atom is 0.313 e. The predicted octanol–water partition coefficient (Wildman–Crippen LogP) is 1.72. The van der Waals surface area contributed by atoms with Gasteiger partial charge in [0.2, 0.25) is 0 Å². The first-order valence-electron chi connectivity index (χ1n) is 3.95. The van der Waals surface area contributed by atoms with E-state index in [1.165, 1.54) is 0 Å². The van der Waals surface area contributed by atoms with Gasteiger partial charge in [0.1, 0.15) is 0 Å². The van der Waals surface area contributed by atoms with Crippen molar-refractivity contribution in [2.75, 3.05) is 6.61 Å². The SMILES string of the molecule is CCOC(=O)[C@H]1CCCC1=S. The number of hydrogen-bond donors (Lipinski definition) is 0. The number of rotatable bonds is 2. The molecule has 0 N–H and O–H groups in total. The predicted molar refractivity (Wildman–Crippen MR) is 46.6 cm³/mol. The summed E-state index contributed by atoms with van der Waals surface area (Å²) in [6.07, 6.45) is 2.85. The molecule has 0 aromatic carbocycles. The molecular formula is C8H12O2S. The third-order valence-corrected chi connectivity index (χ3v) is 2.36. The highest BCUT2D eigenvalue weighted by molar-refractivity contribution is 7.80. The van der Waals surface area contributed by atoms with E-state index >= 15 is 0 Å². The van der Waals surface area contributed by atoms with Crippen molar-refractivity contribution in [2.45, 2.75) is 26.2 Å². The van der Waals surface area contributed by atoms with Crippen molar-refractivity contribution in [1.29, 1.82) is 0 Å². The van der Waals surface area contributed by atoms with Gasteiger partial charge in [0.25, 0.3) is 0 Å². The summed E-state index contributed by atoms with van der Waals surface area (Å²) in [5.41, 5.74) is 0. The second kappa shape index (κ2) is 3.81. The molecule has 0 aliphatic heterocycles. The van der Waals surface area contributed by atoms with Gasteiger partial charge in [0.15, 0.2) is 0 Å². The summed E-state index contributed by atoms with van der Waals surface area (Å²) in [6.45, 7) is 2.27. The van der Waals surface area contributed by atoms with Crippen LogP contribution in [-0.4, -0.2) is 17.4 Å². The summed E-state index contributed by atoms with van der Waals surface area (Å²) in [7, 11) is 0. The molecule has 0 heterocycles. The third kappa shape index (κ3) is 1.99. The van der Waals surface area contributed by atoms with Crippen molar-refractivity contribution in [3.63, 3.8) is 0 Å². The molecule has 0 aromatic heterocycles. The topological polar surface area (TPSA) is 26.3 Å². The molecule has 0 bridgehead atoms. The van der Waals surface area contributed by atoms with Crippen LogP contribution < -0.4 is 0 Å². The fourth-order valence-electron chi connectivity index (χ4n) is 1.31. The van der Waals surface area contributed by atoms with Crippen LogP contribution in [0, 0.1) is 5.92 Å². The van der Waals surface area contributed by atoms with Crippen molar-refractivity contribution in [2.24, 2.45) is 5.92 Å². The fraction of sp³-hybridized carbons (Fsp3) is 0.750. The van der Waals surface area contributed by atoms with E-state index in [-0.39, 0.29) is 11.9 Å². The molecule has 1 aliphatic rings. The Bertz CT molecular complexity index is 177. The zero-order chi connectivity index (χ0) is 8.27. The molecule has 0 aromatic rings. The highest BCUT2D eigenvalue weighted by Gasteiger charge is 2.28. The standard InChI is InChI=1S/C8H12O2S/c1-2-10-8(9)6-4-3-5-7(6)11/h6H,2-5H2,1H3/t6-/m0/s1. The first-order valence-corrected chi connectivity index (χ1v) is 4.36. The van der Waals surface area contributed by atoms with E-state index in [0.717, 1.165) is 24.1 Å². The summed E-state index contributed by atoms with van der Waals surface area (Å²) in [5.74, 6) is -0.208. The van der Waals surface area contributed by atoms with Crippen molar-refractivity contribution in [3.05, 3.63) is 0 Å². The first kappa shape index (κ1) is 8.65. The second-order valence-electron chi connectivity index (χ2n) is 2.66. The van der Waals surface area contributed by atoms with Crippen LogP contribution in [-0.2, 0) is 9.53 Å². The van der Waals surface area contributed by atoms with E-state index in [1.807, 2.05) is 6.92 Å². The summed E-state index contributed by atoms with van der Waals surface area (Å²) in [6, 6.07) is 0.